The lowest BCUT2D eigenvalue weighted by Crippen LogP contribution is -2.50. The van der Waals surface area contributed by atoms with Crippen molar-refractivity contribution in [2.45, 2.75) is 57.6 Å². The Kier molecular flexibility index (Phi) is 9.53. The summed E-state index contributed by atoms with van der Waals surface area (Å²) in [7, 11) is 0. The maximum Gasteiger partial charge on any atom is 0.242 e. The lowest BCUT2D eigenvalue weighted by atomic mass is 10.1. The van der Waals surface area contributed by atoms with Gasteiger partial charge in [0.15, 0.2) is 0 Å². The second-order valence-electron chi connectivity index (χ2n) is 7.37. The van der Waals surface area contributed by atoms with Gasteiger partial charge < -0.3 is 10.2 Å². The number of nitrogens with zero attached hydrogens (tertiary/aromatic N) is 1. The van der Waals surface area contributed by atoms with Gasteiger partial charge in [-0.05, 0) is 57.0 Å². The minimum absolute atomic E-state index is 0.0452. The van der Waals surface area contributed by atoms with Crippen molar-refractivity contribution in [3.05, 3.63) is 63.6 Å². The molecule has 4 nitrogen and oxygen atoms in total. The summed E-state index contributed by atoms with van der Waals surface area (Å²) in [5, 5.41) is 3.84. The zero-order valence-electron chi connectivity index (χ0n) is 17.7. The lowest BCUT2D eigenvalue weighted by Gasteiger charge is -2.29. The van der Waals surface area contributed by atoms with E-state index in [4.69, 9.17) is 23.2 Å². The SMILES string of the molecule is CC[C@H](C)NC(=O)[C@H](C)N(Cc1ccc(Cl)c(Cl)c1)C(=O)CSc1ccc(C)cc1. The van der Waals surface area contributed by atoms with Crippen molar-refractivity contribution in [2.75, 3.05) is 5.75 Å². The number of amides is 2. The number of hydrogen-bond donors (Lipinski definition) is 1. The molecule has 2 rings (SSSR count). The highest BCUT2D eigenvalue weighted by atomic mass is 35.5. The van der Waals surface area contributed by atoms with Crippen LogP contribution < -0.4 is 5.32 Å². The van der Waals surface area contributed by atoms with E-state index in [1.165, 1.54) is 17.3 Å². The van der Waals surface area contributed by atoms with E-state index in [2.05, 4.69) is 5.32 Å². The van der Waals surface area contributed by atoms with Crippen LogP contribution in [0.4, 0.5) is 0 Å². The molecular weight excluding hydrogens is 439 g/mol. The second kappa shape index (κ2) is 11.6. The van der Waals surface area contributed by atoms with Crippen LogP contribution in [0.15, 0.2) is 47.4 Å². The first-order valence-electron chi connectivity index (χ1n) is 9.94. The topological polar surface area (TPSA) is 49.4 Å². The number of carbonyl (C=O) groups excluding carboxylic acids is 2. The summed E-state index contributed by atoms with van der Waals surface area (Å²) in [6.45, 7) is 8.01. The molecule has 2 amide bonds. The normalized spacial score (nSPS) is 12.9. The Morgan fingerprint density at radius 1 is 1.07 bits per heavy atom. The first-order valence-corrected chi connectivity index (χ1v) is 11.7. The molecule has 30 heavy (non-hydrogen) atoms. The number of rotatable bonds is 9. The number of hydrogen-bond acceptors (Lipinski definition) is 3. The number of carbonyl (C=O) groups is 2. The molecule has 0 radical (unpaired) electrons. The van der Waals surface area contributed by atoms with E-state index in [9.17, 15) is 9.59 Å². The standard InChI is InChI=1S/C23H28Cl2N2O2S/c1-5-16(3)26-23(29)17(4)27(13-18-8-11-20(24)21(25)12-18)22(28)14-30-19-9-6-15(2)7-10-19/h6-12,16-17H,5,13-14H2,1-4H3,(H,26,29)/t16-,17-/m0/s1. The number of thioether (sulfide) groups is 1. The highest BCUT2D eigenvalue weighted by Gasteiger charge is 2.27. The van der Waals surface area contributed by atoms with Gasteiger partial charge in [-0.15, -0.1) is 11.8 Å². The maximum atomic E-state index is 13.1. The lowest BCUT2D eigenvalue weighted by molar-refractivity contribution is -0.138. The van der Waals surface area contributed by atoms with Crippen LogP contribution in [0.1, 0.15) is 38.3 Å². The molecule has 2 aromatic carbocycles. The van der Waals surface area contributed by atoms with E-state index in [0.717, 1.165) is 16.9 Å². The average Bonchev–Trinajstić information content (AvgIpc) is 2.73. The summed E-state index contributed by atoms with van der Waals surface area (Å²) in [4.78, 5) is 28.4. The van der Waals surface area contributed by atoms with Gasteiger partial charge in [-0.3, -0.25) is 9.59 Å². The Balaban J connectivity index is 2.17. The van der Waals surface area contributed by atoms with Crippen molar-refractivity contribution in [1.29, 1.82) is 0 Å². The van der Waals surface area contributed by atoms with Crippen molar-refractivity contribution in [3.8, 4) is 0 Å². The Hall–Kier alpha value is -1.69. The van der Waals surface area contributed by atoms with Crippen molar-refractivity contribution in [1.82, 2.24) is 10.2 Å². The monoisotopic (exact) mass is 466 g/mol. The minimum Gasteiger partial charge on any atom is -0.352 e. The van der Waals surface area contributed by atoms with E-state index in [-0.39, 0.29) is 30.2 Å². The van der Waals surface area contributed by atoms with Crippen molar-refractivity contribution < 1.29 is 9.59 Å². The van der Waals surface area contributed by atoms with Crippen LogP contribution >= 0.6 is 35.0 Å². The third-order valence-corrected chi connectivity index (χ3v) is 6.62. The molecule has 0 aliphatic carbocycles. The minimum atomic E-state index is -0.612. The van der Waals surface area contributed by atoms with Crippen LogP contribution in [-0.2, 0) is 16.1 Å². The Morgan fingerprint density at radius 3 is 2.33 bits per heavy atom. The number of halogens is 2. The second-order valence-corrected chi connectivity index (χ2v) is 9.23. The molecule has 0 heterocycles. The molecule has 7 heteroatoms. The zero-order valence-corrected chi connectivity index (χ0v) is 20.1. The fraction of sp³-hybridized carbons (Fsp3) is 0.391. The van der Waals surface area contributed by atoms with E-state index < -0.39 is 6.04 Å². The molecule has 2 atom stereocenters. The third kappa shape index (κ3) is 7.22. The van der Waals surface area contributed by atoms with E-state index in [1.54, 1.807) is 24.0 Å². The van der Waals surface area contributed by atoms with Gasteiger partial charge in [0, 0.05) is 17.5 Å². The molecule has 0 aromatic heterocycles. The average molecular weight is 467 g/mol. The fourth-order valence-electron chi connectivity index (χ4n) is 2.75. The molecule has 0 aliphatic heterocycles. The van der Waals surface area contributed by atoms with Crippen LogP contribution in [-0.4, -0.2) is 34.6 Å². The smallest absolute Gasteiger partial charge is 0.242 e. The molecule has 0 unspecified atom stereocenters. The van der Waals surface area contributed by atoms with Crippen molar-refractivity contribution >= 4 is 46.8 Å². The molecule has 162 valence electrons. The predicted molar refractivity (Wildman–Crippen MR) is 126 cm³/mol. The molecule has 1 N–H and O–H groups in total. The van der Waals surface area contributed by atoms with Gasteiger partial charge in [0.2, 0.25) is 11.8 Å². The molecule has 0 spiro atoms. The Morgan fingerprint density at radius 2 is 1.73 bits per heavy atom. The Bertz CT molecular complexity index is 874. The van der Waals surface area contributed by atoms with Gasteiger partial charge >= 0.3 is 0 Å². The highest BCUT2D eigenvalue weighted by molar-refractivity contribution is 8.00. The molecule has 0 bridgehead atoms. The molecule has 0 aliphatic rings. The summed E-state index contributed by atoms with van der Waals surface area (Å²) in [6.07, 6.45) is 0.822. The summed E-state index contributed by atoms with van der Waals surface area (Å²) < 4.78 is 0. The first-order chi connectivity index (χ1) is 14.2. The highest BCUT2D eigenvalue weighted by Crippen LogP contribution is 2.25. The molecule has 0 saturated heterocycles. The van der Waals surface area contributed by atoms with E-state index >= 15 is 0 Å². The van der Waals surface area contributed by atoms with Crippen LogP contribution in [0, 0.1) is 6.92 Å². The summed E-state index contributed by atoms with van der Waals surface area (Å²) in [5.74, 6) is -0.0396. The third-order valence-electron chi connectivity index (χ3n) is 4.89. The van der Waals surface area contributed by atoms with Gasteiger partial charge in [-0.1, -0.05) is 53.9 Å². The van der Waals surface area contributed by atoms with Gasteiger partial charge in [-0.25, -0.2) is 0 Å². The largest absolute Gasteiger partial charge is 0.352 e. The fourth-order valence-corrected chi connectivity index (χ4v) is 3.85. The summed E-state index contributed by atoms with van der Waals surface area (Å²) >= 11 is 13.6. The van der Waals surface area contributed by atoms with Gasteiger partial charge in [-0.2, -0.15) is 0 Å². The quantitative estimate of drug-likeness (QED) is 0.480. The number of aryl methyl sites for hydroxylation is 1. The maximum absolute atomic E-state index is 13.1. The van der Waals surface area contributed by atoms with Crippen LogP contribution in [0.2, 0.25) is 10.0 Å². The molecule has 2 aromatic rings. The van der Waals surface area contributed by atoms with Gasteiger partial charge in [0.1, 0.15) is 6.04 Å². The van der Waals surface area contributed by atoms with Gasteiger partial charge in [0.05, 0.1) is 15.8 Å². The molecule has 0 saturated carbocycles. The number of nitrogens with one attached hydrogen (secondary N) is 1. The van der Waals surface area contributed by atoms with Crippen LogP contribution in [0.3, 0.4) is 0 Å². The van der Waals surface area contributed by atoms with Crippen LogP contribution in [0.25, 0.3) is 0 Å². The molecular formula is C23H28Cl2N2O2S. The Labute approximate surface area is 193 Å². The van der Waals surface area contributed by atoms with E-state index in [0.29, 0.717) is 10.0 Å². The molecule has 0 fully saturated rings. The summed E-state index contributed by atoms with van der Waals surface area (Å²) in [6, 6.07) is 12.7. The first kappa shape index (κ1) is 24.6. The zero-order chi connectivity index (χ0) is 22.3. The summed E-state index contributed by atoms with van der Waals surface area (Å²) in [5.41, 5.74) is 1.99. The predicted octanol–water partition coefficient (Wildman–Crippen LogP) is 5.73. The van der Waals surface area contributed by atoms with Crippen molar-refractivity contribution in [2.24, 2.45) is 0 Å². The van der Waals surface area contributed by atoms with Gasteiger partial charge in [0.25, 0.3) is 0 Å². The number of benzene rings is 2. The van der Waals surface area contributed by atoms with Crippen molar-refractivity contribution in [3.63, 3.8) is 0 Å². The van der Waals surface area contributed by atoms with E-state index in [1.807, 2.05) is 51.1 Å². The van der Waals surface area contributed by atoms with Crippen LogP contribution in [0.5, 0.6) is 0 Å².